The SMILES string of the molecule is OCOc1ccc(/C=N\NC2=NCCCCC2)cc1. The lowest BCUT2D eigenvalue weighted by molar-refractivity contribution is 0.0985. The largest absolute Gasteiger partial charge is 0.468 e. The standard InChI is InChI=1S/C14H19N3O2/c18-11-19-13-7-5-12(6-8-13)10-16-17-14-4-2-1-3-9-15-14/h5-8,10,18H,1-4,9,11H2,(H,15,17)/b16-10-. The van der Waals surface area contributed by atoms with E-state index >= 15 is 0 Å². The van der Waals surface area contributed by atoms with Crippen LogP contribution >= 0.6 is 0 Å². The molecule has 1 aliphatic rings. The van der Waals surface area contributed by atoms with E-state index in [4.69, 9.17) is 9.84 Å². The van der Waals surface area contributed by atoms with E-state index in [0.29, 0.717) is 5.75 Å². The van der Waals surface area contributed by atoms with E-state index in [0.717, 1.165) is 24.4 Å². The van der Waals surface area contributed by atoms with Crippen LogP contribution in [-0.2, 0) is 0 Å². The number of aliphatic hydroxyl groups is 1. The molecule has 0 aromatic heterocycles. The maximum absolute atomic E-state index is 8.63. The predicted molar refractivity (Wildman–Crippen MR) is 75.7 cm³/mol. The Morgan fingerprint density at radius 2 is 2.11 bits per heavy atom. The predicted octanol–water partition coefficient (Wildman–Crippen LogP) is 1.91. The number of nitrogens with zero attached hydrogens (tertiary/aromatic N) is 2. The summed E-state index contributed by atoms with van der Waals surface area (Å²) in [4.78, 5) is 4.44. The van der Waals surface area contributed by atoms with Gasteiger partial charge in [0.1, 0.15) is 11.6 Å². The summed E-state index contributed by atoms with van der Waals surface area (Å²) in [6.07, 6.45) is 6.30. The third-order valence-electron chi connectivity index (χ3n) is 2.89. The monoisotopic (exact) mass is 261 g/mol. The van der Waals surface area contributed by atoms with E-state index < -0.39 is 0 Å². The molecule has 2 rings (SSSR count). The summed E-state index contributed by atoms with van der Waals surface area (Å²) in [5.74, 6) is 1.61. The summed E-state index contributed by atoms with van der Waals surface area (Å²) in [7, 11) is 0. The molecule has 0 spiro atoms. The first kappa shape index (κ1) is 13.5. The molecule has 1 aromatic rings. The molecule has 19 heavy (non-hydrogen) atoms. The number of ether oxygens (including phenoxy) is 1. The van der Waals surface area contributed by atoms with E-state index in [1.807, 2.05) is 12.1 Å². The lowest BCUT2D eigenvalue weighted by atomic mass is 10.2. The van der Waals surface area contributed by atoms with Crippen molar-refractivity contribution in [2.75, 3.05) is 13.3 Å². The Bertz CT molecular complexity index is 441. The molecule has 0 aliphatic carbocycles. The molecule has 0 bridgehead atoms. The highest BCUT2D eigenvalue weighted by atomic mass is 16.6. The molecule has 1 heterocycles. The number of nitrogens with one attached hydrogen (secondary N) is 1. The maximum atomic E-state index is 8.63. The number of aliphatic imine (C=N–C) groups is 1. The Morgan fingerprint density at radius 1 is 1.26 bits per heavy atom. The van der Waals surface area contributed by atoms with Crippen molar-refractivity contribution in [3.8, 4) is 5.75 Å². The Balaban J connectivity index is 1.85. The Hall–Kier alpha value is -1.88. The summed E-state index contributed by atoms with van der Waals surface area (Å²) >= 11 is 0. The van der Waals surface area contributed by atoms with Crippen LogP contribution in [0.25, 0.3) is 0 Å². The van der Waals surface area contributed by atoms with Gasteiger partial charge >= 0.3 is 0 Å². The zero-order chi connectivity index (χ0) is 13.3. The molecule has 0 saturated carbocycles. The average Bonchev–Trinajstić information content (AvgIpc) is 2.70. The number of hydrazone groups is 1. The first-order valence-electron chi connectivity index (χ1n) is 6.54. The smallest absolute Gasteiger partial charge is 0.186 e. The molecule has 0 atom stereocenters. The van der Waals surface area contributed by atoms with E-state index in [-0.39, 0.29) is 6.79 Å². The van der Waals surface area contributed by atoms with Gasteiger partial charge in [0.15, 0.2) is 6.79 Å². The summed E-state index contributed by atoms with van der Waals surface area (Å²) in [6.45, 7) is 0.583. The minimum absolute atomic E-state index is 0.311. The van der Waals surface area contributed by atoms with Gasteiger partial charge in [-0.2, -0.15) is 5.10 Å². The van der Waals surface area contributed by atoms with Crippen molar-refractivity contribution in [1.82, 2.24) is 5.43 Å². The second-order valence-corrected chi connectivity index (χ2v) is 4.35. The van der Waals surface area contributed by atoms with Gasteiger partial charge < -0.3 is 9.84 Å². The molecule has 0 saturated heterocycles. The van der Waals surface area contributed by atoms with Crippen molar-refractivity contribution in [1.29, 1.82) is 0 Å². The second kappa shape index (κ2) is 7.53. The van der Waals surface area contributed by atoms with Crippen LogP contribution in [0.15, 0.2) is 34.4 Å². The number of amidine groups is 1. The summed E-state index contributed by atoms with van der Waals surface area (Å²) in [6, 6.07) is 7.34. The molecule has 0 unspecified atom stereocenters. The van der Waals surface area contributed by atoms with E-state index in [9.17, 15) is 0 Å². The molecule has 1 aromatic carbocycles. The molecular formula is C14H19N3O2. The van der Waals surface area contributed by atoms with Crippen LogP contribution < -0.4 is 10.2 Å². The summed E-state index contributed by atoms with van der Waals surface area (Å²) in [5, 5.41) is 12.8. The number of benzene rings is 1. The number of hydrogen-bond acceptors (Lipinski definition) is 5. The first-order valence-corrected chi connectivity index (χ1v) is 6.54. The van der Waals surface area contributed by atoms with Gasteiger partial charge in [-0.15, -0.1) is 0 Å². The molecule has 0 radical (unpaired) electrons. The van der Waals surface area contributed by atoms with Crippen LogP contribution in [0.4, 0.5) is 0 Å². The molecule has 102 valence electrons. The molecule has 1 aliphatic heterocycles. The fourth-order valence-corrected chi connectivity index (χ4v) is 1.87. The van der Waals surface area contributed by atoms with Crippen molar-refractivity contribution in [2.45, 2.75) is 25.7 Å². The van der Waals surface area contributed by atoms with Crippen molar-refractivity contribution in [3.63, 3.8) is 0 Å². The van der Waals surface area contributed by atoms with Gasteiger partial charge in [0.05, 0.1) is 6.21 Å². The average molecular weight is 261 g/mol. The minimum atomic E-state index is -0.311. The highest BCUT2D eigenvalue weighted by Crippen LogP contribution is 2.10. The van der Waals surface area contributed by atoms with Crippen LogP contribution in [0.5, 0.6) is 5.75 Å². The molecular weight excluding hydrogens is 242 g/mol. The van der Waals surface area contributed by atoms with Gasteiger partial charge in [0, 0.05) is 13.0 Å². The van der Waals surface area contributed by atoms with Crippen LogP contribution in [0.3, 0.4) is 0 Å². The summed E-state index contributed by atoms with van der Waals surface area (Å²) < 4.78 is 4.95. The van der Waals surface area contributed by atoms with Gasteiger partial charge in [-0.25, -0.2) is 0 Å². The molecule has 5 nitrogen and oxygen atoms in total. The maximum Gasteiger partial charge on any atom is 0.186 e. The first-order chi connectivity index (χ1) is 9.38. The number of hydrogen-bond donors (Lipinski definition) is 2. The summed E-state index contributed by atoms with van der Waals surface area (Å²) in [5.41, 5.74) is 3.96. The zero-order valence-corrected chi connectivity index (χ0v) is 10.9. The van der Waals surface area contributed by atoms with Crippen molar-refractivity contribution >= 4 is 12.1 Å². The third kappa shape index (κ3) is 4.71. The van der Waals surface area contributed by atoms with Crippen molar-refractivity contribution in [2.24, 2.45) is 10.1 Å². The van der Waals surface area contributed by atoms with Gasteiger partial charge in [0.25, 0.3) is 0 Å². The van der Waals surface area contributed by atoms with Crippen molar-refractivity contribution < 1.29 is 9.84 Å². The normalized spacial score (nSPS) is 15.9. The molecule has 0 fully saturated rings. The van der Waals surface area contributed by atoms with Gasteiger partial charge in [-0.3, -0.25) is 10.4 Å². The molecule has 2 N–H and O–H groups in total. The van der Waals surface area contributed by atoms with Gasteiger partial charge in [-0.05, 0) is 42.7 Å². The highest BCUT2D eigenvalue weighted by Gasteiger charge is 2.02. The number of rotatable bonds is 4. The Morgan fingerprint density at radius 3 is 2.89 bits per heavy atom. The Kier molecular flexibility index (Phi) is 5.37. The lowest BCUT2D eigenvalue weighted by Crippen LogP contribution is -2.17. The fraction of sp³-hybridized carbons (Fsp3) is 0.429. The quantitative estimate of drug-likeness (QED) is 0.494. The zero-order valence-electron chi connectivity index (χ0n) is 10.9. The lowest BCUT2D eigenvalue weighted by Gasteiger charge is -2.03. The van der Waals surface area contributed by atoms with Gasteiger partial charge in [0.2, 0.25) is 0 Å². The highest BCUT2D eigenvalue weighted by molar-refractivity contribution is 5.85. The van der Waals surface area contributed by atoms with Crippen LogP contribution in [0.1, 0.15) is 31.2 Å². The molecule has 5 heteroatoms. The van der Waals surface area contributed by atoms with Crippen LogP contribution in [-0.4, -0.2) is 30.5 Å². The molecule has 0 amide bonds. The van der Waals surface area contributed by atoms with Crippen LogP contribution in [0, 0.1) is 0 Å². The van der Waals surface area contributed by atoms with E-state index in [1.165, 1.54) is 19.3 Å². The Labute approximate surface area is 113 Å². The minimum Gasteiger partial charge on any atom is -0.468 e. The second-order valence-electron chi connectivity index (χ2n) is 4.35. The van der Waals surface area contributed by atoms with Crippen molar-refractivity contribution in [3.05, 3.63) is 29.8 Å². The fourth-order valence-electron chi connectivity index (χ4n) is 1.87. The third-order valence-corrected chi connectivity index (χ3v) is 2.89. The van der Waals surface area contributed by atoms with Gasteiger partial charge in [-0.1, -0.05) is 6.42 Å². The van der Waals surface area contributed by atoms with E-state index in [1.54, 1.807) is 18.3 Å². The van der Waals surface area contributed by atoms with Crippen LogP contribution in [0.2, 0.25) is 0 Å². The topological polar surface area (TPSA) is 66.2 Å². The number of aliphatic hydroxyl groups excluding tert-OH is 1. The van der Waals surface area contributed by atoms with E-state index in [2.05, 4.69) is 15.5 Å².